The Morgan fingerprint density at radius 3 is 2.44 bits per heavy atom. The minimum Gasteiger partial charge on any atom is -0.507 e. The standard InChI is InChI=1S/C5H4F2OS/c6-5(7)4-1-3(8)2-9-4/h1-2,5,8H. The molecule has 0 aliphatic rings. The van der Waals surface area contributed by atoms with Crippen LogP contribution in [0.3, 0.4) is 0 Å². The third-order valence-corrected chi connectivity index (χ3v) is 1.75. The van der Waals surface area contributed by atoms with E-state index in [1.54, 1.807) is 0 Å². The van der Waals surface area contributed by atoms with E-state index in [9.17, 15) is 8.78 Å². The molecular weight excluding hydrogens is 146 g/mol. The summed E-state index contributed by atoms with van der Waals surface area (Å²) >= 11 is 0.858. The molecule has 0 unspecified atom stereocenters. The molecule has 0 bridgehead atoms. The van der Waals surface area contributed by atoms with Gasteiger partial charge in [-0.25, -0.2) is 8.78 Å². The molecule has 0 radical (unpaired) electrons. The molecule has 1 N–H and O–H groups in total. The molecule has 0 amide bonds. The maximum absolute atomic E-state index is 11.7. The molecule has 0 aromatic carbocycles. The van der Waals surface area contributed by atoms with Gasteiger partial charge in [0.15, 0.2) is 0 Å². The van der Waals surface area contributed by atoms with Gasteiger partial charge in [-0.3, -0.25) is 0 Å². The molecule has 0 aliphatic heterocycles. The van der Waals surface area contributed by atoms with Gasteiger partial charge in [-0.15, -0.1) is 11.3 Å². The highest BCUT2D eigenvalue weighted by molar-refractivity contribution is 7.10. The minimum absolute atomic E-state index is 0.0877. The van der Waals surface area contributed by atoms with E-state index in [1.807, 2.05) is 0 Å². The van der Waals surface area contributed by atoms with E-state index < -0.39 is 6.43 Å². The van der Waals surface area contributed by atoms with Crippen molar-refractivity contribution >= 4 is 11.3 Å². The first-order valence-corrected chi connectivity index (χ1v) is 3.13. The smallest absolute Gasteiger partial charge is 0.272 e. The zero-order valence-corrected chi connectivity index (χ0v) is 5.16. The predicted molar refractivity (Wildman–Crippen MR) is 30.9 cm³/mol. The molecule has 9 heavy (non-hydrogen) atoms. The molecule has 1 aromatic heterocycles. The van der Waals surface area contributed by atoms with Crippen LogP contribution in [-0.4, -0.2) is 5.11 Å². The monoisotopic (exact) mass is 150 g/mol. The SMILES string of the molecule is Oc1csc(C(F)F)c1. The van der Waals surface area contributed by atoms with Gasteiger partial charge in [-0.2, -0.15) is 0 Å². The Kier molecular flexibility index (Phi) is 1.66. The van der Waals surface area contributed by atoms with Crippen LogP contribution in [0.15, 0.2) is 11.4 Å². The van der Waals surface area contributed by atoms with Crippen LogP contribution in [0.4, 0.5) is 8.78 Å². The Morgan fingerprint density at radius 2 is 2.22 bits per heavy atom. The van der Waals surface area contributed by atoms with Crippen molar-refractivity contribution in [1.82, 2.24) is 0 Å². The van der Waals surface area contributed by atoms with Crippen LogP contribution in [0.2, 0.25) is 0 Å². The first-order valence-electron chi connectivity index (χ1n) is 2.25. The molecule has 0 saturated heterocycles. The second-order valence-corrected chi connectivity index (χ2v) is 2.45. The van der Waals surface area contributed by atoms with Crippen LogP contribution in [0.5, 0.6) is 5.75 Å². The summed E-state index contributed by atoms with van der Waals surface area (Å²) in [5, 5.41) is 9.86. The zero-order chi connectivity index (χ0) is 6.85. The Hall–Kier alpha value is -0.640. The molecule has 0 atom stereocenters. The van der Waals surface area contributed by atoms with E-state index >= 15 is 0 Å². The Bertz CT molecular complexity index is 197. The second-order valence-electron chi connectivity index (χ2n) is 1.51. The molecule has 1 rings (SSSR count). The summed E-state index contributed by atoms with van der Waals surface area (Å²) in [6, 6.07) is 1.06. The predicted octanol–water partition coefficient (Wildman–Crippen LogP) is 2.39. The first-order chi connectivity index (χ1) is 4.20. The molecule has 50 valence electrons. The van der Waals surface area contributed by atoms with Crippen LogP contribution in [0.25, 0.3) is 0 Å². The topological polar surface area (TPSA) is 20.2 Å². The largest absolute Gasteiger partial charge is 0.507 e. The first kappa shape index (κ1) is 6.48. The van der Waals surface area contributed by atoms with E-state index in [2.05, 4.69) is 0 Å². The minimum atomic E-state index is -2.46. The zero-order valence-electron chi connectivity index (χ0n) is 4.34. The summed E-state index contributed by atoms with van der Waals surface area (Å²) in [4.78, 5) is -0.0903. The Labute approximate surface area is 54.6 Å². The van der Waals surface area contributed by atoms with Gasteiger partial charge in [0.1, 0.15) is 5.75 Å². The summed E-state index contributed by atoms with van der Waals surface area (Å²) in [7, 11) is 0. The summed E-state index contributed by atoms with van der Waals surface area (Å²) < 4.78 is 23.4. The highest BCUT2D eigenvalue weighted by Crippen LogP contribution is 2.28. The number of thiophene rings is 1. The molecule has 0 saturated carbocycles. The number of hydrogen-bond acceptors (Lipinski definition) is 2. The van der Waals surface area contributed by atoms with E-state index in [4.69, 9.17) is 5.11 Å². The lowest BCUT2D eigenvalue weighted by Gasteiger charge is -1.87. The third kappa shape index (κ3) is 1.38. The van der Waals surface area contributed by atoms with Crippen LogP contribution in [0, 0.1) is 0 Å². The second kappa shape index (κ2) is 2.31. The lowest BCUT2D eigenvalue weighted by molar-refractivity contribution is 0.155. The van der Waals surface area contributed by atoms with Gasteiger partial charge in [-0.05, 0) is 6.07 Å². The molecular formula is C5H4F2OS. The van der Waals surface area contributed by atoms with Crippen LogP contribution < -0.4 is 0 Å². The van der Waals surface area contributed by atoms with Crippen molar-refractivity contribution in [2.24, 2.45) is 0 Å². The maximum Gasteiger partial charge on any atom is 0.272 e. The van der Waals surface area contributed by atoms with Crippen LogP contribution in [-0.2, 0) is 0 Å². The summed E-state index contributed by atoms with van der Waals surface area (Å²) in [6.07, 6.45) is -2.46. The molecule has 1 aromatic rings. The average Bonchev–Trinajstić information content (AvgIpc) is 2.14. The summed E-state index contributed by atoms with van der Waals surface area (Å²) in [5.74, 6) is -0.0877. The van der Waals surface area contributed by atoms with Gasteiger partial charge in [0.05, 0.1) is 4.88 Å². The molecule has 0 spiro atoms. The number of aromatic hydroxyl groups is 1. The van der Waals surface area contributed by atoms with Gasteiger partial charge in [0, 0.05) is 5.38 Å². The van der Waals surface area contributed by atoms with Crippen molar-refractivity contribution in [2.45, 2.75) is 6.43 Å². The molecule has 1 nitrogen and oxygen atoms in total. The van der Waals surface area contributed by atoms with Gasteiger partial charge >= 0.3 is 0 Å². The molecule has 0 fully saturated rings. The summed E-state index contributed by atoms with van der Waals surface area (Å²) in [5.41, 5.74) is 0. The van der Waals surface area contributed by atoms with E-state index in [-0.39, 0.29) is 10.6 Å². The lowest BCUT2D eigenvalue weighted by Crippen LogP contribution is -1.72. The van der Waals surface area contributed by atoms with Gasteiger partial charge < -0.3 is 5.11 Å². The van der Waals surface area contributed by atoms with Crippen molar-refractivity contribution in [3.05, 3.63) is 16.3 Å². The third-order valence-electron chi connectivity index (χ3n) is 0.821. The lowest BCUT2D eigenvalue weighted by atomic mass is 10.5. The van der Waals surface area contributed by atoms with Crippen LogP contribution in [0.1, 0.15) is 11.3 Å². The number of hydrogen-bond donors (Lipinski definition) is 1. The fourth-order valence-corrected chi connectivity index (χ4v) is 1.07. The van der Waals surface area contributed by atoms with Crippen molar-refractivity contribution in [1.29, 1.82) is 0 Å². The normalized spacial score (nSPS) is 10.6. The number of rotatable bonds is 1. The van der Waals surface area contributed by atoms with E-state index in [0.717, 1.165) is 17.4 Å². The van der Waals surface area contributed by atoms with Crippen molar-refractivity contribution in [2.75, 3.05) is 0 Å². The average molecular weight is 150 g/mol. The highest BCUT2D eigenvalue weighted by atomic mass is 32.1. The van der Waals surface area contributed by atoms with E-state index in [0.29, 0.717) is 0 Å². The Morgan fingerprint density at radius 1 is 1.56 bits per heavy atom. The molecule has 0 aliphatic carbocycles. The quantitative estimate of drug-likeness (QED) is 0.651. The highest BCUT2D eigenvalue weighted by Gasteiger charge is 2.08. The molecule has 1 heterocycles. The van der Waals surface area contributed by atoms with Crippen LogP contribution >= 0.6 is 11.3 Å². The van der Waals surface area contributed by atoms with Gasteiger partial charge in [0.2, 0.25) is 0 Å². The number of halogens is 2. The van der Waals surface area contributed by atoms with Crippen molar-refractivity contribution in [3.63, 3.8) is 0 Å². The fourth-order valence-electron chi connectivity index (χ4n) is 0.457. The van der Waals surface area contributed by atoms with Gasteiger partial charge in [0.25, 0.3) is 6.43 Å². The maximum atomic E-state index is 11.7. The van der Waals surface area contributed by atoms with Crippen molar-refractivity contribution in [3.8, 4) is 5.75 Å². The Balaban J connectivity index is 2.85. The molecule has 4 heteroatoms. The van der Waals surface area contributed by atoms with Gasteiger partial charge in [-0.1, -0.05) is 0 Å². The van der Waals surface area contributed by atoms with E-state index in [1.165, 1.54) is 5.38 Å². The van der Waals surface area contributed by atoms with Crippen molar-refractivity contribution < 1.29 is 13.9 Å². The number of alkyl halides is 2. The summed E-state index contributed by atoms with van der Waals surface area (Å²) in [6.45, 7) is 0. The fraction of sp³-hybridized carbons (Fsp3) is 0.200.